The van der Waals surface area contributed by atoms with E-state index < -0.39 is 0 Å². The van der Waals surface area contributed by atoms with Gasteiger partial charge in [-0.3, -0.25) is 0 Å². The molecule has 0 amide bonds. The Labute approximate surface area is 98.8 Å². The van der Waals surface area contributed by atoms with Crippen molar-refractivity contribution in [3.05, 3.63) is 16.5 Å². The van der Waals surface area contributed by atoms with E-state index in [-0.39, 0.29) is 5.28 Å². The molecular formula is C10H12Cl2N2O. The summed E-state index contributed by atoms with van der Waals surface area (Å²) in [6.45, 7) is 0.674. The van der Waals surface area contributed by atoms with Crippen LogP contribution in [0.2, 0.25) is 10.3 Å². The number of nitrogens with zero attached hydrogens (tertiary/aromatic N) is 2. The zero-order valence-corrected chi connectivity index (χ0v) is 9.76. The molecule has 1 heterocycles. The van der Waals surface area contributed by atoms with Crippen molar-refractivity contribution in [3.63, 3.8) is 0 Å². The minimum Gasteiger partial charge on any atom is -0.476 e. The predicted molar refractivity (Wildman–Crippen MR) is 59.5 cm³/mol. The van der Waals surface area contributed by atoms with Crippen molar-refractivity contribution < 1.29 is 4.74 Å². The lowest BCUT2D eigenvalue weighted by atomic mass is 10.1. The zero-order chi connectivity index (χ0) is 10.7. The summed E-state index contributed by atoms with van der Waals surface area (Å²) in [5.41, 5.74) is 0. The number of aromatic nitrogens is 2. The molecule has 0 spiro atoms. The molecule has 0 aromatic carbocycles. The molecule has 1 saturated carbocycles. The average Bonchev–Trinajstić information content (AvgIpc) is 2.72. The first-order valence-electron chi connectivity index (χ1n) is 5.06. The van der Waals surface area contributed by atoms with Crippen LogP contribution in [0.5, 0.6) is 5.88 Å². The van der Waals surface area contributed by atoms with Crippen molar-refractivity contribution in [2.24, 2.45) is 5.92 Å². The third-order valence-electron chi connectivity index (χ3n) is 2.61. The Balaban J connectivity index is 1.94. The lowest BCUT2D eigenvalue weighted by Gasteiger charge is -2.11. The van der Waals surface area contributed by atoms with Crippen LogP contribution in [0, 0.1) is 5.92 Å². The zero-order valence-electron chi connectivity index (χ0n) is 8.25. The van der Waals surface area contributed by atoms with E-state index in [2.05, 4.69) is 9.97 Å². The average molecular weight is 247 g/mol. The van der Waals surface area contributed by atoms with E-state index in [1.54, 1.807) is 0 Å². The minimum atomic E-state index is 0.167. The molecule has 2 rings (SSSR count). The van der Waals surface area contributed by atoms with Gasteiger partial charge in [0.2, 0.25) is 11.2 Å². The monoisotopic (exact) mass is 246 g/mol. The maximum Gasteiger partial charge on any atom is 0.237 e. The molecule has 5 heteroatoms. The summed E-state index contributed by atoms with van der Waals surface area (Å²) in [6.07, 6.45) is 6.52. The van der Waals surface area contributed by atoms with Crippen molar-refractivity contribution in [2.75, 3.05) is 6.61 Å². The maximum absolute atomic E-state index is 5.87. The van der Waals surface area contributed by atoms with Gasteiger partial charge in [-0.1, -0.05) is 24.4 Å². The van der Waals surface area contributed by atoms with Gasteiger partial charge in [0.05, 0.1) is 12.8 Å². The van der Waals surface area contributed by atoms with Crippen LogP contribution in [0.25, 0.3) is 0 Å². The van der Waals surface area contributed by atoms with Gasteiger partial charge in [-0.05, 0) is 30.4 Å². The van der Waals surface area contributed by atoms with Gasteiger partial charge < -0.3 is 4.74 Å². The van der Waals surface area contributed by atoms with E-state index >= 15 is 0 Å². The smallest absolute Gasteiger partial charge is 0.237 e. The van der Waals surface area contributed by atoms with Gasteiger partial charge in [0.25, 0.3) is 0 Å². The van der Waals surface area contributed by atoms with Crippen molar-refractivity contribution in [1.82, 2.24) is 9.97 Å². The van der Waals surface area contributed by atoms with Gasteiger partial charge in [0, 0.05) is 0 Å². The molecule has 0 N–H and O–H groups in total. The molecule has 1 aliphatic carbocycles. The van der Waals surface area contributed by atoms with Crippen molar-refractivity contribution in [1.29, 1.82) is 0 Å². The van der Waals surface area contributed by atoms with Gasteiger partial charge in [-0.25, -0.2) is 4.98 Å². The summed E-state index contributed by atoms with van der Waals surface area (Å²) in [6, 6.07) is 0. The highest BCUT2D eigenvalue weighted by Gasteiger charge is 2.16. The molecule has 0 aliphatic heterocycles. The van der Waals surface area contributed by atoms with Crippen LogP contribution in [0.1, 0.15) is 25.7 Å². The molecule has 3 nitrogen and oxygen atoms in total. The van der Waals surface area contributed by atoms with Gasteiger partial charge in [-0.15, -0.1) is 0 Å². The Bertz CT molecular complexity index is 340. The molecule has 0 saturated heterocycles. The molecule has 1 aromatic heterocycles. The first-order valence-corrected chi connectivity index (χ1v) is 5.82. The molecule has 15 heavy (non-hydrogen) atoms. The molecular weight excluding hydrogens is 235 g/mol. The van der Waals surface area contributed by atoms with Gasteiger partial charge in [0.1, 0.15) is 5.02 Å². The quantitative estimate of drug-likeness (QED) is 0.768. The summed E-state index contributed by atoms with van der Waals surface area (Å²) in [7, 11) is 0. The Morgan fingerprint density at radius 1 is 1.33 bits per heavy atom. The second-order valence-corrected chi connectivity index (χ2v) is 4.50. The highest BCUT2D eigenvalue weighted by molar-refractivity contribution is 6.32. The standard InChI is InChI=1S/C10H12Cl2N2O/c11-8-5-13-10(12)14-9(8)15-6-7-3-1-2-4-7/h5,7H,1-4,6H2. The summed E-state index contributed by atoms with van der Waals surface area (Å²) < 4.78 is 5.53. The number of hydrogen-bond acceptors (Lipinski definition) is 3. The van der Waals surface area contributed by atoms with Crippen molar-refractivity contribution >= 4 is 23.2 Å². The van der Waals surface area contributed by atoms with E-state index in [1.807, 2.05) is 0 Å². The summed E-state index contributed by atoms with van der Waals surface area (Å²) >= 11 is 11.5. The number of halogens is 2. The molecule has 1 fully saturated rings. The first kappa shape index (κ1) is 11.0. The topological polar surface area (TPSA) is 35.0 Å². The van der Waals surface area contributed by atoms with E-state index in [4.69, 9.17) is 27.9 Å². The highest BCUT2D eigenvalue weighted by atomic mass is 35.5. The molecule has 82 valence electrons. The Morgan fingerprint density at radius 3 is 2.80 bits per heavy atom. The van der Waals surface area contributed by atoms with Crippen LogP contribution >= 0.6 is 23.2 Å². The molecule has 0 unspecified atom stereocenters. The van der Waals surface area contributed by atoms with Gasteiger partial charge >= 0.3 is 0 Å². The molecule has 0 atom stereocenters. The summed E-state index contributed by atoms with van der Waals surface area (Å²) in [4.78, 5) is 7.70. The van der Waals surface area contributed by atoms with Crippen LogP contribution in [0.3, 0.4) is 0 Å². The fourth-order valence-corrected chi connectivity index (χ4v) is 2.08. The second-order valence-electron chi connectivity index (χ2n) is 3.75. The second kappa shape index (κ2) is 4.99. The first-order chi connectivity index (χ1) is 7.25. The Kier molecular flexibility index (Phi) is 3.65. The van der Waals surface area contributed by atoms with Crippen LogP contribution in [-0.4, -0.2) is 16.6 Å². The van der Waals surface area contributed by atoms with Crippen LogP contribution in [0.4, 0.5) is 0 Å². The SMILES string of the molecule is Clc1ncc(Cl)c(OCC2CCCC2)n1. The van der Waals surface area contributed by atoms with Crippen LogP contribution in [-0.2, 0) is 0 Å². The summed E-state index contributed by atoms with van der Waals surface area (Å²) in [5.74, 6) is 1.03. The van der Waals surface area contributed by atoms with Gasteiger partial charge in [-0.2, -0.15) is 4.98 Å². The fraction of sp³-hybridized carbons (Fsp3) is 0.600. The fourth-order valence-electron chi connectivity index (χ4n) is 1.81. The highest BCUT2D eigenvalue weighted by Crippen LogP contribution is 2.27. The van der Waals surface area contributed by atoms with Crippen molar-refractivity contribution in [3.8, 4) is 5.88 Å². The third-order valence-corrected chi connectivity index (χ3v) is 3.05. The van der Waals surface area contributed by atoms with Gasteiger partial charge in [0.15, 0.2) is 0 Å². The number of rotatable bonds is 3. The normalized spacial score (nSPS) is 16.9. The van der Waals surface area contributed by atoms with E-state index in [9.17, 15) is 0 Å². The lowest BCUT2D eigenvalue weighted by molar-refractivity contribution is 0.243. The number of ether oxygens (including phenoxy) is 1. The maximum atomic E-state index is 5.87. The molecule has 1 aromatic rings. The Morgan fingerprint density at radius 2 is 2.07 bits per heavy atom. The molecule has 1 aliphatic rings. The molecule has 0 bridgehead atoms. The predicted octanol–water partition coefficient (Wildman–Crippen LogP) is 3.35. The van der Waals surface area contributed by atoms with Crippen LogP contribution in [0.15, 0.2) is 6.20 Å². The van der Waals surface area contributed by atoms with Crippen LogP contribution < -0.4 is 4.74 Å². The Hall–Kier alpha value is -0.540. The van der Waals surface area contributed by atoms with E-state index in [1.165, 1.54) is 31.9 Å². The van der Waals surface area contributed by atoms with E-state index in [0.29, 0.717) is 23.4 Å². The lowest BCUT2D eigenvalue weighted by Crippen LogP contribution is -2.09. The number of hydrogen-bond donors (Lipinski definition) is 0. The third kappa shape index (κ3) is 2.95. The summed E-state index contributed by atoms with van der Waals surface area (Å²) in [5, 5.41) is 0.582. The van der Waals surface area contributed by atoms with E-state index in [0.717, 1.165) is 0 Å². The largest absolute Gasteiger partial charge is 0.476 e. The molecule has 0 radical (unpaired) electrons. The minimum absolute atomic E-state index is 0.167. The van der Waals surface area contributed by atoms with Crippen molar-refractivity contribution in [2.45, 2.75) is 25.7 Å².